The van der Waals surface area contributed by atoms with Crippen molar-refractivity contribution in [3.05, 3.63) is 70.7 Å². The zero-order valence-corrected chi connectivity index (χ0v) is 15.8. The van der Waals surface area contributed by atoms with E-state index in [1.165, 1.54) is 21.9 Å². The van der Waals surface area contributed by atoms with Gasteiger partial charge in [-0.15, -0.1) is 6.58 Å². The van der Waals surface area contributed by atoms with Gasteiger partial charge in [-0.2, -0.15) is 0 Å². The topological polar surface area (TPSA) is 37.4 Å². The second-order valence-electron chi connectivity index (χ2n) is 5.92. The van der Waals surface area contributed by atoms with Gasteiger partial charge in [-0.1, -0.05) is 24.3 Å². The maximum Gasteiger partial charge on any atom is 0.265 e. The number of nitrogens with zero attached hydrogens (tertiary/aromatic N) is 1. The highest BCUT2D eigenvalue weighted by Gasteiger charge is 2.26. The highest BCUT2D eigenvalue weighted by atomic mass is 79.9. The minimum absolute atomic E-state index is 0.239. The van der Waals surface area contributed by atoms with Gasteiger partial charge in [0.2, 0.25) is 0 Å². The largest absolute Gasteiger partial charge is 0.265 e. The molecule has 1 aliphatic rings. The molecule has 0 N–H and O–H groups in total. The molecular weight excluding hydrogens is 386 g/mol. The van der Waals surface area contributed by atoms with Gasteiger partial charge in [0.15, 0.2) is 0 Å². The van der Waals surface area contributed by atoms with Crippen LogP contribution in [0.1, 0.15) is 24.0 Å². The highest BCUT2D eigenvalue weighted by Crippen LogP contribution is 2.31. The van der Waals surface area contributed by atoms with E-state index in [-0.39, 0.29) is 11.4 Å². The molecular formula is C19H20BrNO2S. The van der Waals surface area contributed by atoms with Crippen molar-refractivity contribution in [3.8, 4) is 0 Å². The van der Waals surface area contributed by atoms with Crippen molar-refractivity contribution in [3.63, 3.8) is 0 Å². The summed E-state index contributed by atoms with van der Waals surface area (Å²) < 4.78 is 28.3. The summed E-state index contributed by atoms with van der Waals surface area (Å²) in [5, 5.41) is 0. The number of rotatable bonds is 5. The molecule has 0 aromatic heterocycles. The zero-order valence-electron chi connectivity index (χ0n) is 13.4. The van der Waals surface area contributed by atoms with Gasteiger partial charge in [-0.3, -0.25) is 4.31 Å². The van der Waals surface area contributed by atoms with Crippen LogP contribution in [0.2, 0.25) is 0 Å². The van der Waals surface area contributed by atoms with Crippen LogP contribution in [-0.4, -0.2) is 15.0 Å². The van der Waals surface area contributed by atoms with E-state index < -0.39 is 10.0 Å². The molecule has 0 amide bonds. The average molecular weight is 406 g/mol. The van der Waals surface area contributed by atoms with E-state index in [4.69, 9.17) is 0 Å². The molecule has 0 aliphatic heterocycles. The van der Waals surface area contributed by atoms with Gasteiger partial charge < -0.3 is 0 Å². The van der Waals surface area contributed by atoms with E-state index >= 15 is 0 Å². The van der Waals surface area contributed by atoms with E-state index in [2.05, 4.69) is 28.6 Å². The van der Waals surface area contributed by atoms with Crippen molar-refractivity contribution in [1.29, 1.82) is 0 Å². The molecule has 5 heteroatoms. The molecule has 2 aromatic carbocycles. The van der Waals surface area contributed by atoms with Crippen LogP contribution in [0.5, 0.6) is 0 Å². The molecule has 0 atom stereocenters. The predicted octanol–water partition coefficient (Wildman–Crippen LogP) is 4.71. The number of halogens is 1. The van der Waals surface area contributed by atoms with Gasteiger partial charge >= 0.3 is 0 Å². The van der Waals surface area contributed by atoms with Crippen molar-refractivity contribution in [2.45, 2.75) is 30.6 Å². The number of benzene rings is 2. The molecule has 2 aromatic rings. The first kappa shape index (κ1) is 17.2. The lowest BCUT2D eigenvalue weighted by Crippen LogP contribution is -2.31. The minimum atomic E-state index is -3.66. The van der Waals surface area contributed by atoms with Crippen LogP contribution in [0, 0.1) is 0 Å². The van der Waals surface area contributed by atoms with E-state index in [9.17, 15) is 8.42 Å². The molecule has 24 heavy (non-hydrogen) atoms. The quantitative estimate of drug-likeness (QED) is 0.675. The van der Waals surface area contributed by atoms with Crippen molar-refractivity contribution < 1.29 is 8.42 Å². The number of anilines is 1. The number of fused-ring (bicyclic) bond motifs is 1. The smallest absolute Gasteiger partial charge is 0.262 e. The Bertz CT molecular complexity index is 861. The maximum absolute atomic E-state index is 13.2. The lowest BCUT2D eigenvalue weighted by atomic mass is 9.91. The van der Waals surface area contributed by atoms with Gasteiger partial charge in [0, 0.05) is 4.47 Å². The van der Waals surface area contributed by atoms with E-state index in [1.54, 1.807) is 30.3 Å². The van der Waals surface area contributed by atoms with Gasteiger partial charge in [0.1, 0.15) is 4.90 Å². The molecule has 0 spiro atoms. The second-order valence-corrected chi connectivity index (χ2v) is 8.60. The minimum Gasteiger partial charge on any atom is -0.262 e. The van der Waals surface area contributed by atoms with Crippen LogP contribution in [0.15, 0.2) is 64.5 Å². The molecule has 0 unspecified atom stereocenters. The Hall–Kier alpha value is -1.59. The fourth-order valence-corrected chi connectivity index (χ4v) is 5.50. The Kier molecular flexibility index (Phi) is 5.11. The molecule has 0 fully saturated rings. The highest BCUT2D eigenvalue weighted by molar-refractivity contribution is 9.10. The van der Waals surface area contributed by atoms with Crippen molar-refractivity contribution in [1.82, 2.24) is 0 Å². The molecule has 1 aliphatic carbocycles. The van der Waals surface area contributed by atoms with Gasteiger partial charge in [0.05, 0.1) is 12.2 Å². The Balaban J connectivity index is 2.07. The summed E-state index contributed by atoms with van der Waals surface area (Å²) >= 11 is 3.35. The number of hydrogen-bond acceptors (Lipinski definition) is 2. The first-order valence-electron chi connectivity index (χ1n) is 8.04. The van der Waals surface area contributed by atoms with Crippen molar-refractivity contribution in [2.24, 2.45) is 0 Å². The van der Waals surface area contributed by atoms with E-state index in [0.29, 0.717) is 10.2 Å². The van der Waals surface area contributed by atoms with Gasteiger partial charge in [-0.05, 0) is 77.0 Å². The van der Waals surface area contributed by atoms with Crippen LogP contribution < -0.4 is 4.31 Å². The Morgan fingerprint density at radius 3 is 2.50 bits per heavy atom. The number of hydrogen-bond donors (Lipinski definition) is 0. The normalized spacial score (nSPS) is 14.0. The lowest BCUT2D eigenvalue weighted by Gasteiger charge is -2.26. The van der Waals surface area contributed by atoms with Gasteiger partial charge in [0.25, 0.3) is 10.0 Å². The molecule has 0 saturated carbocycles. The fraction of sp³-hybridized carbons (Fsp3) is 0.263. The van der Waals surface area contributed by atoms with Crippen molar-refractivity contribution >= 4 is 31.6 Å². The number of aryl methyl sites for hydroxylation is 2. The monoisotopic (exact) mass is 405 g/mol. The van der Waals surface area contributed by atoms with E-state index in [0.717, 1.165) is 19.3 Å². The first-order valence-corrected chi connectivity index (χ1v) is 10.3. The van der Waals surface area contributed by atoms with Crippen LogP contribution in [0.25, 0.3) is 0 Å². The average Bonchev–Trinajstić information content (AvgIpc) is 2.59. The lowest BCUT2D eigenvalue weighted by molar-refractivity contribution is 0.592. The molecule has 0 bridgehead atoms. The van der Waals surface area contributed by atoms with Crippen LogP contribution in [0.4, 0.5) is 5.69 Å². The molecule has 0 heterocycles. The summed E-state index contributed by atoms with van der Waals surface area (Å²) in [7, 11) is -3.66. The summed E-state index contributed by atoms with van der Waals surface area (Å²) in [6.45, 7) is 3.96. The third-order valence-electron chi connectivity index (χ3n) is 4.32. The number of sulfonamides is 1. The molecule has 126 valence electrons. The maximum atomic E-state index is 13.2. The SMILES string of the molecule is C=CCN(c1ccc2c(c1)CCCC2)S(=O)(=O)c1ccccc1Br. The Morgan fingerprint density at radius 1 is 1.08 bits per heavy atom. The van der Waals surface area contributed by atoms with Crippen molar-refractivity contribution in [2.75, 3.05) is 10.8 Å². The Morgan fingerprint density at radius 2 is 1.79 bits per heavy atom. The predicted molar refractivity (Wildman–Crippen MR) is 102 cm³/mol. The summed E-state index contributed by atoms with van der Waals surface area (Å²) in [4.78, 5) is 0.268. The first-order chi connectivity index (χ1) is 11.5. The zero-order chi connectivity index (χ0) is 17.2. The molecule has 3 nitrogen and oxygen atoms in total. The summed E-state index contributed by atoms with van der Waals surface area (Å²) in [5.41, 5.74) is 3.29. The molecule has 0 saturated heterocycles. The summed E-state index contributed by atoms with van der Waals surface area (Å²) in [6, 6.07) is 12.9. The fourth-order valence-electron chi connectivity index (χ4n) is 3.11. The van der Waals surface area contributed by atoms with Crippen LogP contribution >= 0.6 is 15.9 Å². The van der Waals surface area contributed by atoms with Crippen LogP contribution in [-0.2, 0) is 22.9 Å². The van der Waals surface area contributed by atoms with Gasteiger partial charge in [-0.25, -0.2) is 8.42 Å². The molecule has 3 rings (SSSR count). The van der Waals surface area contributed by atoms with Crippen LogP contribution in [0.3, 0.4) is 0 Å². The second kappa shape index (κ2) is 7.11. The van der Waals surface area contributed by atoms with E-state index in [1.807, 2.05) is 12.1 Å². The third kappa shape index (κ3) is 3.28. The summed E-state index contributed by atoms with van der Waals surface area (Å²) in [5.74, 6) is 0. The third-order valence-corrected chi connectivity index (χ3v) is 7.13. The summed E-state index contributed by atoms with van der Waals surface area (Å²) in [6.07, 6.45) is 6.08. The Labute approximate surface area is 152 Å². The molecule has 0 radical (unpaired) electrons. The standard InChI is InChI=1S/C19H20BrNO2S/c1-2-13-21(24(22,23)19-10-6-5-9-18(19)20)17-12-11-15-7-3-4-8-16(15)14-17/h2,5-6,9-12,14H,1,3-4,7-8,13H2.